The number of rotatable bonds is 9. The number of amides is 1. The first-order valence-electron chi connectivity index (χ1n) is 10.9. The molecule has 31 heavy (non-hydrogen) atoms. The first-order valence-corrected chi connectivity index (χ1v) is 11.7. The molecular formula is C24H28Cl2N2O3. The predicted octanol–water partition coefficient (Wildman–Crippen LogP) is 5.55. The van der Waals surface area contributed by atoms with Crippen molar-refractivity contribution in [1.82, 2.24) is 10.2 Å². The fourth-order valence-corrected chi connectivity index (χ4v) is 4.26. The Kier molecular flexibility index (Phi) is 7.59. The summed E-state index contributed by atoms with van der Waals surface area (Å²) >= 11 is 13.3. The zero-order chi connectivity index (χ0) is 21.6. The quantitative estimate of drug-likeness (QED) is 0.496. The second-order valence-electron chi connectivity index (χ2n) is 8.23. The Labute approximate surface area is 193 Å². The number of hydrogen-bond acceptors (Lipinski definition) is 4. The van der Waals surface area contributed by atoms with Gasteiger partial charge < -0.3 is 19.7 Å². The maximum atomic E-state index is 12.5. The summed E-state index contributed by atoms with van der Waals surface area (Å²) in [4.78, 5) is 14.9. The number of likely N-dealkylation sites (tertiary alicyclic amines) is 1. The Morgan fingerprint density at radius 3 is 2.55 bits per heavy atom. The number of hydrogen-bond donors (Lipinski definition) is 1. The molecule has 0 radical (unpaired) electrons. The second-order valence-corrected chi connectivity index (χ2v) is 9.11. The van der Waals surface area contributed by atoms with E-state index in [4.69, 9.17) is 32.7 Å². The van der Waals surface area contributed by atoms with Crippen molar-refractivity contribution < 1.29 is 14.3 Å². The molecule has 166 valence electrons. The highest BCUT2D eigenvalue weighted by Gasteiger charge is 2.29. The van der Waals surface area contributed by atoms with Crippen LogP contribution in [0.15, 0.2) is 48.5 Å². The maximum Gasteiger partial charge on any atom is 0.407 e. The fraction of sp³-hybridized carbons (Fsp3) is 0.458. The van der Waals surface area contributed by atoms with Crippen LogP contribution in [0, 0.1) is 0 Å². The lowest BCUT2D eigenvalue weighted by atomic mass is 10.0. The van der Waals surface area contributed by atoms with Crippen LogP contribution < -0.4 is 10.1 Å². The highest BCUT2D eigenvalue weighted by Crippen LogP contribution is 2.35. The topological polar surface area (TPSA) is 50.8 Å². The molecule has 7 heteroatoms. The Balaban J connectivity index is 1.41. The number of alkyl carbamates (subject to hydrolysis) is 1. The molecule has 2 aromatic rings. The summed E-state index contributed by atoms with van der Waals surface area (Å²) in [6.45, 7) is 2.90. The predicted molar refractivity (Wildman–Crippen MR) is 123 cm³/mol. The number of halogens is 2. The molecule has 1 saturated carbocycles. The van der Waals surface area contributed by atoms with Gasteiger partial charge in [0.25, 0.3) is 0 Å². The highest BCUT2D eigenvalue weighted by atomic mass is 35.5. The average Bonchev–Trinajstić information content (AvgIpc) is 3.45. The van der Waals surface area contributed by atoms with Gasteiger partial charge in [0.15, 0.2) is 0 Å². The minimum atomic E-state index is -0.474. The number of ether oxygens (including phenoxy) is 2. The van der Waals surface area contributed by atoms with Crippen molar-refractivity contribution in [3.8, 4) is 5.75 Å². The van der Waals surface area contributed by atoms with Crippen LogP contribution in [0.3, 0.4) is 0 Å². The zero-order valence-corrected chi connectivity index (χ0v) is 18.9. The molecule has 5 nitrogen and oxygen atoms in total. The van der Waals surface area contributed by atoms with Crippen molar-refractivity contribution in [2.24, 2.45) is 0 Å². The average molecular weight is 463 g/mol. The van der Waals surface area contributed by atoms with Crippen LogP contribution in [0.2, 0.25) is 5.02 Å². The summed E-state index contributed by atoms with van der Waals surface area (Å²) in [5.74, 6) is 0.683. The molecule has 0 aromatic heterocycles. The van der Waals surface area contributed by atoms with Crippen molar-refractivity contribution in [1.29, 1.82) is 0 Å². The van der Waals surface area contributed by atoms with E-state index < -0.39 is 11.5 Å². The summed E-state index contributed by atoms with van der Waals surface area (Å²) in [5.41, 5.74) is 1.79. The van der Waals surface area contributed by atoms with Crippen LogP contribution in [-0.2, 0) is 11.3 Å². The molecule has 1 saturated heterocycles. The van der Waals surface area contributed by atoms with Crippen molar-refractivity contribution >= 4 is 29.3 Å². The lowest BCUT2D eigenvalue weighted by Gasteiger charge is -2.28. The van der Waals surface area contributed by atoms with Gasteiger partial charge in [-0.3, -0.25) is 0 Å². The second kappa shape index (κ2) is 10.6. The normalized spacial score (nSPS) is 18.4. The number of carbonyl (C=O) groups excluding carboxylic acids is 1. The minimum Gasteiger partial charge on any atom is -0.489 e. The number of nitrogens with zero attached hydrogens (tertiary/aromatic N) is 1. The van der Waals surface area contributed by atoms with Gasteiger partial charge in [-0.25, -0.2) is 4.79 Å². The lowest BCUT2D eigenvalue weighted by Crippen LogP contribution is -2.45. The van der Waals surface area contributed by atoms with Gasteiger partial charge in [-0.1, -0.05) is 48.0 Å². The molecule has 1 aliphatic carbocycles. The van der Waals surface area contributed by atoms with E-state index in [0.717, 1.165) is 49.9 Å². The summed E-state index contributed by atoms with van der Waals surface area (Å²) < 4.78 is 11.3. The van der Waals surface area contributed by atoms with E-state index in [1.54, 1.807) is 0 Å². The van der Waals surface area contributed by atoms with Gasteiger partial charge in [-0.15, -0.1) is 11.6 Å². The third-order valence-corrected chi connectivity index (χ3v) is 6.47. The highest BCUT2D eigenvalue weighted by molar-refractivity contribution is 6.32. The number of nitrogens with one attached hydrogen (secondary N) is 1. The van der Waals surface area contributed by atoms with E-state index in [1.807, 2.05) is 48.5 Å². The van der Waals surface area contributed by atoms with Crippen LogP contribution in [0.5, 0.6) is 5.75 Å². The van der Waals surface area contributed by atoms with E-state index in [9.17, 15) is 4.79 Å². The van der Waals surface area contributed by atoms with E-state index in [-0.39, 0.29) is 18.8 Å². The van der Waals surface area contributed by atoms with Crippen LogP contribution >= 0.6 is 23.2 Å². The summed E-state index contributed by atoms with van der Waals surface area (Å²) in [5, 5.41) is 3.08. The van der Waals surface area contributed by atoms with E-state index in [0.29, 0.717) is 17.3 Å². The van der Waals surface area contributed by atoms with Crippen LogP contribution in [0.4, 0.5) is 4.79 Å². The molecule has 2 aliphatic rings. The molecule has 2 aromatic carbocycles. The standard InChI is InChI=1S/C24H28Cl2N2O3/c25-20-14-18(8-11-22(20)31-19-9-10-19)23(26)21(15-28-12-4-5-13-28)27-24(29)30-16-17-6-2-1-3-7-17/h1-3,6-8,11,14,19,21,23H,4-5,9-10,12-13,15-16H2,(H,27,29)/t21-,23?/m1/s1. The van der Waals surface area contributed by atoms with Crippen LogP contribution in [0.1, 0.15) is 42.2 Å². The molecule has 1 unspecified atom stereocenters. The van der Waals surface area contributed by atoms with E-state index in [1.165, 1.54) is 0 Å². The molecule has 1 amide bonds. The van der Waals surface area contributed by atoms with Gasteiger partial charge in [-0.2, -0.15) is 0 Å². The zero-order valence-electron chi connectivity index (χ0n) is 17.4. The number of benzene rings is 2. The Morgan fingerprint density at radius 2 is 1.87 bits per heavy atom. The minimum absolute atomic E-state index is 0.217. The summed E-state index contributed by atoms with van der Waals surface area (Å²) in [6.07, 6.45) is 4.28. The monoisotopic (exact) mass is 462 g/mol. The third kappa shape index (κ3) is 6.52. The van der Waals surface area contributed by atoms with Gasteiger partial charge >= 0.3 is 6.09 Å². The lowest BCUT2D eigenvalue weighted by molar-refractivity contribution is 0.132. The molecule has 2 atom stereocenters. The van der Waals surface area contributed by atoms with E-state index >= 15 is 0 Å². The fourth-order valence-electron chi connectivity index (χ4n) is 3.75. The maximum absolute atomic E-state index is 12.5. The van der Waals surface area contributed by atoms with Crippen molar-refractivity contribution in [2.75, 3.05) is 19.6 Å². The molecule has 1 N–H and O–H groups in total. The molecular weight excluding hydrogens is 435 g/mol. The largest absolute Gasteiger partial charge is 0.489 e. The van der Waals surface area contributed by atoms with Crippen molar-refractivity contribution in [3.63, 3.8) is 0 Å². The van der Waals surface area contributed by atoms with Crippen LogP contribution in [0.25, 0.3) is 0 Å². The third-order valence-electron chi connectivity index (χ3n) is 5.62. The number of alkyl halides is 1. The SMILES string of the molecule is O=C(N[C@H](CN1CCCC1)C(Cl)c1ccc(OC2CC2)c(Cl)c1)OCc1ccccc1. The van der Waals surface area contributed by atoms with Gasteiger partial charge in [0.1, 0.15) is 12.4 Å². The first kappa shape index (κ1) is 22.3. The summed E-state index contributed by atoms with van der Waals surface area (Å²) in [6, 6.07) is 14.9. The van der Waals surface area contributed by atoms with Crippen molar-refractivity contribution in [3.05, 3.63) is 64.7 Å². The molecule has 0 spiro atoms. The number of carbonyl (C=O) groups is 1. The Bertz CT molecular complexity index is 870. The molecule has 0 bridgehead atoms. The Morgan fingerprint density at radius 1 is 1.13 bits per heavy atom. The van der Waals surface area contributed by atoms with Gasteiger partial charge in [0.2, 0.25) is 0 Å². The molecule has 1 aliphatic heterocycles. The molecule has 2 fully saturated rings. The van der Waals surface area contributed by atoms with Crippen LogP contribution in [-0.4, -0.2) is 42.8 Å². The van der Waals surface area contributed by atoms with Gasteiger partial charge in [-0.05, 0) is 62.0 Å². The first-order chi connectivity index (χ1) is 15.1. The van der Waals surface area contributed by atoms with Gasteiger partial charge in [0.05, 0.1) is 22.5 Å². The van der Waals surface area contributed by atoms with Crippen molar-refractivity contribution in [2.45, 2.75) is 49.8 Å². The van der Waals surface area contributed by atoms with E-state index in [2.05, 4.69) is 10.2 Å². The summed E-state index contributed by atoms with van der Waals surface area (Å²) in [7, 11) is 0. The smallest absolute Gasteiger partial charge is 0.407 e. The van der Waals surface area contributed by atoms with Gasteiger partial charge in [0, 0.05) is 6.54 Å². The molecule has 1 heterocycles. The Hall–Kier alpha value is -1.95. The molecule has 4 rings (SSSR count).